The number of allylic oxidation sites excluding steroid dienone is 2. The largest absolute Gasteiger partial charge is 0.414 e. The summed E-state index contributed by atoms with van der Waals surface area (Å²) in [5.74, 6) is 0. The van der Waals surface area contributed by atoms with Gasteiger partial charge in [0.15, 0.2) is 0 Å². The summed E-state index contributed by atoms with van der Waals surface area (Å²) in [6.07, 6.45) is -1.75. The quantitative estimate of drug-likeness (QED) is 0.311. The van der Waals surface area contributed by atoms with Crippen LogP contribution in [0.2, 0.25) is 0 Å². The third-order valence-electron chi connectivity index (χ3n) is 3.01. The second-order valence-electron chi connectivity index (χ2n) is 4.82. The molecule has 0 aliphatic heterocycles. The Labute approximate surface area is 129 Å². The van der Waals surface area contributed by atoms with Crippen molar-refractivity contribution in [1.29, 1.82) is 5.26 Å². The zero-order valence-corrected chi connectivity index (χ0v) is 14.0. The fourth-order valence-corrected chi connectivity index (χ4v) is 3.46. The molecule has 8 heteroatoms. The SMILES string of the molecule is CCCCOP(=O)(OCCCC)C(C)/C(=C/C#N)C(F)(F)F. The Morgan fingerprint density at radius 3 is 2.00 bits per heavy atom. The molecule has 0 heterocycles. The predicted molar refractivity (Wildman–Crippen MR) is 78.5 cm³/mol. The summed E-state index contributed by atoms with van der Waals surface area (Å²) >= 11 is 0. The molecule has 22 heavy (non-hydrogen) atoms. The highest BCUT2D eigenvalue weighted by atomic mass is 31.2. The number of hydrogen-bond acceptors (Lipinski definition) is 4. The van der Waals surface area contributed by atoms with Crippen LogP contribution in [0.1, 0.15) is 46.5 Å². The van der Waals surface area contributed by atoms with Gasteiger partial charge in [-0.2, -0.15) is 18.4 Å². The van der Waals surface area contributed by atoms with Gasteiger partial charge in [-0.15, -0.1) is 0 Å². The van der Waals surface area contributed by atoms with Gasteiger partial charge in [-0.05, 0) is 19.8 Å². The average molecular weight is 341 g/mol. The van der Waals surface area contributed by atoms with Gasteiger partial charge in [-0.25, -0.2) is 0 Å². The summed E-state index contributed by atoms with van der Waals surface area (Å²) in [7, 11) is -3.99. The lowest BCUT2D eigenvalue weighted by Crippen LogP contribution is -2.24. The maximum atomic E-state index is 13.0. The summed E-state index contributed by atoms with van der Waals surface area (Å²) in [6.45, 7) is 5.00. The van der Waals surface area contributed by atoms with Crippen LogP contribution >= 0.6 is 7.60 Å². The summed E-state index contributed by atoms with van der Waals surface area (Å²) in [6, 6.07) is 1.35. The van der Waals surface area contributed by atoms with E-state index in [9.17, 15) is 17.7 Å². The van der Waals surface area contributed by atoms with Crippen molar-refractivity contribution in [2.45, 2.75) is 58.3 Å². The molecular weight excluding hydrogens is 318 g/mol. The zero-order valence-electron chi connectivity index (χ0n) is 13.2. The number of unbranched alkanes of at least 4 members (excludes halogenated alkanes) is 2. The fraction of sp³-hybridized carbons (Fsp3) is 0.786. The topological polar surface area (TPSA) is 59.3 Å². The smallest absolute Gasteiger partial charge is 0.308 e. The first-order valence-electron chi connectivity index (χ1n) is 7.28. The van der Waals surface area contributed by atoms with E-state index in [0.717, 1.165) is 19.8 Å². The average Bonchev–Trinajstić information content (AvgIpc) is 2.43. The molecule has 0 amide bonds. The minimum Gasteiger partial charge on any atom is -0.308 e. The first kappa shape index (κ1) is 21.2. The summed E-state index contributed by atoms with van der Waals surface area (Å²) in [5.41, 5.74) is -2.73. The van der Waals surface area contributed by atoms with Crippen LogP contribution < -0.4 is 0 Å². The van der Waals surface area contributed by atoms with Gasteiger partial charge in [-0.3, -0.25) is 4.57 Å². The van der Waals surface area contributed by atoms with Gasteiger partial charge >= 0.3 is 13.8 Å². The van der Waals surface area contributed by atoms with Crippen molar-refractivity contribution >= 4 is 7.60 Å². The van der Waals surface area contributed by atoms with Crippen molar-refractivity contribution in [1.82, 2.24) is 0 Å². The lowest BCUT2D eigenvalue weighted by molar-refractivity contribution is -0.0938. The van der Waals surface area contributed by atoms with E-state index in [4.69, 9.17) is 14.3 Å². The normalized spacial score (nSPS) is 14.7. The minimum absolute atomic E-state index is 0.0575. The van der Waals surface area contributed by atoms with Crippen molar-refractivity contribution in [3.8, 4) is 6.07 Å². The third kappa shape index (κ3) is 6.95. The van der Waals surface area contributed by atoms with E-state index in [1.54, 1.807) is 0 Å². The molecule has 1 unspecified atom stereocenters. The molecule has 0 aromatic carbocycles. The van der Waals surface area contributed by atoms with Gasteiger partial charge in [0.1, 0.15) is 0 Å². The van der Waals surface area contributed by atoms with Crippen LogP contribution in [0.25, 0.3) is 0 Å². The number of hydrogen-bond donors (Lipinski definition) is 0. The molecule has 0 rings (SSSR count). The molecular formula is C14H23F3NO3P. The molecule has 4 nitrogen and oxygen atoms in total. The second kappa shape index (κ2) is 10.0. The highest BCUT2D eigenvalue weighted by molar-refractivity contribution is 7.54. The van der Waals surface area contributed by atoms with Crippen LogP contribution in [0.5, 0.6) is 0 Å². The summed E-state index contributed by atoms with van der Waals surface area (Å²) in [4.78, 5) is 0. The van der Waals surface area contributed by atoms with Crippen LogP contribution in [0.15, 0.2) is 11.6 Å². The zero-order chi connectivity index (χ0) is 17.2. The molecule has 0 aliphatic rings. The van der Waals surface area contributed by atoms with Crippen LogP contribution in [0.3, 0.4) is 0 Å². The number of rotatable bonds is 10. The van der Waals surface area contributed by atoms with E-state index in [-0.39, 0.29) is 13.2 Å². The Balaban J connectivity index is 5.32. The lowest BCUT2D eigenvalue weighted by Gasteiger charge is -2.27. The second-order valence-corrected chi connectivity index (χ2v) is 7.19. The van der Waals surface area contributed by atoms with Crippen molar-refractivity contribution < 1.29 is 26.8 Å². The molecule has 0 spiro atoms. The van der Waals surface area contributed by atoms with Crippen molar-refractivity contribution in [3.63, 3.8) is 0 Å². The van der Waals surface area contributed by atoms with E-state index < -0.39 is 25.0 Å². The van der Waals surface area contributed by atoms with Crippen molar-refractivity contribution in [2.75, 3.05) is 13.2 Å². The van der Waals surface area contributed by atoms with E-state index >= 15 is 0 Å². The molecule has 0 radical (unpaired) electrons. The maximum absolute atomic E-state index is 13.0. The molecule has 0 N–H and O–H groups in total. The first-order valence-corrected chi connectivity index (χ1v) is 8.89. The van der Waals surface area contributed by atoms with E-state index in [1.165, 1.54) is 6.07 Å². The van der Waals surface area contributed by atoms with Gasteiger partial charge in [0, 0.05) is 6.08 Å². The van der Waals surface area contributed by atoms with Gasteiger partial charge in [0.05, 0.1) is 30.5 Å². The Morgan fingerprint density at radius 1 is 1.23 bits per heavy atom. The molecule has 0 fully saturated rings. The lowest BCUT2D eigenvalue weighted by atomic mass is 10.2. The standard InChI is InChI=1S/C14H23F3NO3P/c1-4-6-10-20-22(19,21-11-7-5-2)12(3)13(8-9-18)14(15,16)17/h8,12H,4-7,10-11H2,1-3H3/b13-8-. The molecule has 1 atom stereocenters. The summed E-state index contributed by atoms with van der Waals surface area (Å²) in [5, 5.41) is 8.55. The van der Waals surface area contributed by atoms with E-state index in [0.29, 0.717) is 18.9 Å². The molecule has 0 aliphatic carbocycles. The molecule has 0 bridgehead atoms. The number of nitriles is 1. The number of halogens is 3. The van der Waals surface area contributed by atoms with Crippen molar-refractivity contribution in [3.05, 3.63) is 11.6 Å². The number of nitrogens with zero attached hydrogens (tertiary/aromatic N) is 1. The van der Waals surface area contributed by atoms with Crippen molar-refractivity contribution in [2.24, 2.45) is 0 Å². The summed E-state index contributed by atoms with van der Waals surface area (Å²) < 4.78 is 62.1. The number of alkyl halides is 3. The van der Waals surface area contributed by atoms with Crippen LogP contribution in [0, 0.1) is 11.3 Å². The Bertz CT molecular complexity index is 430. The highest BCUT2D eigenvalue weighted by Crippen LogP contribution is 2.57. The van der Waals surface area contributed by atoms with E-state index in [1.807, 2.05) is 13.8 Å². The maximum Gasteiger partial charge on any atom is 0.414 e. The predicted octanol–water partition coefficient (Wildman–Crippen LogP) is 5.21. The van der Waals surface area contributed by atoms with Crippen LogP contribution in [-0.2, 0) is 13.6 Å². The molecule has 0 aromatic heterocycles. The van der Waals surface area contributed by atoms with Gasteiger partial charge in [0.25, 0.3) is 0 Å². The van der Waals surface area contributed by atoms with Crippen LogP contribution in [0.4, 0.5) is 13.2 Å². The van der Waals surface area contributed by atoms with Gasteiger partial charge < -0.3 is 9.05 Å². The molecule has 128 valence electrons. The highest BCUT2D eigenvalue weighted by Gasteiger charge is 2.46. The fourth-order valence-electron chi connectivity index (χ4n) is 1.61. The minimum atomic E-state index is -4.76. The molecule has 0 saturated carbocycles. The molecule has 0 aromatic rings. The monoisotopic (exact) mass is 341 g/mol. The Kier molecular flexibility index (Phi) is 9.66. The molecule has 0 saturated heterocycles. The Morgan fingerprint density at radius 2 is 1.68 bits per heavy atom. The van der Waals surface area contributed by atoms with E-state index in [2.05, 4.69) is 0 Å². The first-order chi connectivity index (χ1) is 10.2. The van der Waals surface area contributed by atoms with Crippen LogP contribution in [-0.4, -0.2) is 25.0 Å². The Hall–Kier alpha value is -0.830. The van der Waals surface area contributed by atoms with Gasteiger partial charge in [0.2, 0.25) is 0 Å². The van der Waals surface area contributed by atoms with Gasteiger partial charge in [-0.1, -0.05) is 26.7 Å². The third-order valence-corrected chi connectivity index (χ3v) is 5.32.